The largest absolute Gasteiger partial charge is 0.493 e. The Labute approximate surface area is 213 Å². The molecule has 0 radical (unpaired) electrons. The van der Waals surface area contributed by atoms with Gasteiger partial charge in [0.25, 0.3) is 5.91 Å². The molecule has 2 saturated heterocycles. The molecular weight excluding hydrogens is 456 g/mol. The molecule has 194 valence electrons. The maximum Gasteiger partial charge on any atom is 0.410 e. The zero-order valence-electron chi connectivity index (χ0n) is 21.7. The highest BCUT2D eigenvalue weighted by atomic mass is 16.6. The molecule has 0 N–H and O–H groups in total. The highest BCUT2D eigenvalue weighted by Gasteiger charge is 2.30. The van der Waals surface area contributed by atoms with Crippen molar-refractivity contribution in [3.8, 4) is 5.75 Å². The van der Waals surface area contributed by atoms with Gasteiger partial charge in [-0.25, -0.2) is 4.79 Å². The number of likely N-dealkylation sites (tertiary alicyclic amines) is 1. The lowest BCUT2D eigenvalue weighted by Crippen LogP contribution is -2.49. The minimum atomic E-state index is -0.492. The maximum absolute atomic E-state index is 13.4. The van der Waals surface area contributed by atoms with Gasteiger partial charge in [-0.05, 0) is 62.9 Å². The third kappa shape index (κ3) is 5.53. The zero-order chi connectivity index (χ0) is 25.3. The molecule has 0 bridgehead atoms. The molecule has 0 aliphatic carbocycles. The molecule has 4 heterocycles. The van der Waals surface area contributed by atoms with E-state index in [9.17, 15) is 9.59 Å². The Morgan fingerprint density at radius 2 is 1.75 bits per heavy atom. The van der Waals surface area contributed by atoms with Crippen molar-refractivity contribution in [2.24, 2.45) is 0 Å². The van der Waals surface area contributed by atoms with E-state index < -0.39 is 5.60 Å². The number of hydrogen-bond donors (Lipinski definition) is 0. The van der Waals surface area contributed by atoms with Crippen molar-refractivity contribution in [1.29, 1.82) is 0 Å². The first-order valence-electron chi connectivity index (χ1n) is 13.2. The number of ether oxygens (including phenoxy) is 2. The molecule has 5 rings (SSSR count). The number of amides is 2. The Hall–Kier alpha value is -3.00. The van der Waals surface area contributed by atoms with Gasteiger partial charge < -0.3 is 23.8 Å². The Morgan fingerprint density at radius 3 is 2.47 bits per heavy atom. The Kier molecular flexibility index (Phi) is 6.97. The smallest absolute Gasteiger partial charge is 0.410 e. The number of benzene rings is 1. The van der Waals surface area contributed by atoms with E-state index in [1.165, 1.54) is 11.1 Å². The van der Waals surface area contributed by atoms with E-state index in [-0.39, 0.29) is 18.0 Å². The van der Waals surface area contributed by atoms with E-state index in [0.29, 0.717) is 13.1 Å². The molecule has 0 unspecified atom stereocenters. The molecule has 2 amide bonds. The monoisotopic (exact) mass is 494 g/mol. The fourth-order valence-electron chi connectivity index (χ4n) is 5.41. The van der Waals surface area contributed by atoms with Crippen LogP contribution >= 0.6 is 0 Å². The number of hydrogen-bond acceptors (Lipinski definition) is 5. The fourth-order valence-corrected chi connectivity index (χ4v) is 5.41. The molecule has 8 heteroatoms. The van der Waals surface area contributed by atoms with E-state index in [4.69, 9.17) is 9.47 Å². The van der Waals surface area contributed by atoms with Crippen molar-refractivity contribution in [1.82, 2.24) is 19.3 Å². The second kappa shape index (κ2) is 10.2. The van der Waals surface area contributed by atoms with Gasteiger partial charge in [0.15, 0.2) is 0 Å². The van der Waals surface area contributed by atoms with Crippen molar-refractivity contribution in [3.05, 3.63) is 53.3 Å². The molecule has 8 nitrogen and oxygen atoms in total. The summed E-state index contributed by atoms with van der Waals surface area (Å²) in [6.07, 6.45) is 4.37. The van der Waals surface area contributed by atoms with Gasteiger partial charge in [0.05, 0.1) is 6.61 Å². The second-order valence-corrected chi connectivity index (χ2v) is 11.1. The lowest BCUT2D eigenvalue weighted by atomic mass is 10.0. The summed E-state index contributed by atoms with van der Waals surface area (Å²) in [4.78, 5) is 32.0. The molecule has 0 spiro atoms. The first kappa shape index (κ1) is 24.7. The van der Waals surface area contributed by atoms with E-state index in [1.54, 1.807) is 4.90 Å². The minimum Gasteiger partial charge on any atom is -0.493 e. The van der Waals surface area contributed by atoms with Crippen LogP contribution in [0, 0.1) is 0 Å². The van der Waals surface area contributed by atoms with Gasteiger partial charge in [0.1, 0.15) is 17.0 Å². The molecular formula is C28H38N4O4. The average Bonchev–Trinajstić information content (AvgIpc) is 3.53. The summed E-state index contributed by atoms with van der Waals surface area (Å²) in [5, 5.41) is 0. The van der Waals surface area contributed by atoms with E-state index in [2.05, 4.69) is 27.7 Å². The maximum atomic E-state index is 13.4. The van der Waals surface area contributed by atoms with E-state index in [0.717, 1.165) is 70.0 Å². The summed E-state index contributed by atoms with van der Waals surface area (Å²) in [6.45, 7) is 11.8. The molecule has 3 aliphatic heterocycles. The summed E-state index contributed by atoms with van der Waals surface area (Å²) < 4.78 is 13.3. The van der Waals surface area contributed by atoms with Crippen LogP contribution in [0.25, 0.3) is 0 Å². The SMILES string of the molecule is CC(C)(C)OC(=O)N1CCC(n2cccc2C(=O)N2CCN(Cc3ccc4c(c3)CCO4)CC2)CC1. The number of carbonyl (C=O) groups excluding carboxylic acids is 2. The van der Waals surface area contributed by atoms with Crippen LogP contribution in [0.15, 0.2) is 36.5 Å². The van der Waals surface area contributed by atoms with Gasteiger partial charge in [-0.15, -0.1) is 0 Å². The highest BCUT2D eigenvalue weighted by molar-refractivity contribution is 5.93. The molecule has 0 atom stereocenters. The average molecular weight is 495 g/mol. The third-order valence-corrected chi connectivity index (χ3v) is 7.33. The van der Waals surface area contributed by atoms with Crippen molar-refractivity contribution in [3.63, 3.8) is 0 Å². The molecule has 1 aromatic heterocycles. The number of aromatic nitrogens is 1. The van der Waals surface area contributed by atoms with E-state index >= 15 is 0 Å². The van der Waals surface area contributed by atoms with Crippen LogP contribution in [0.2, 0.25) is 0 Å². The highest BCUT2D eigenvalue weighted by Crippen LogP contribution is 2.28. The fraction of sp³-hybridized carbons (Fsp3) is 0.571. The summed E-state index contributed by atoms with van der Waals surface area (Å²) >= 11 is 0. The molecule has 1 aromatic carbocycles. The van der Waals surface area contributed by atoms with Crippen molar-refractivity contribution < 1.29 is 19.1 Å². The predicted octanol–water partition coefficient (Wildman–Crippen LogP) is 3.95. The lowest BCUT2D eigenvalue weighted by Gasteiger charge is -2.36. The van der Waals surface area contributed by atoms with Gasteiger partial charge in [-0.2, -0.15) is 0 Å². The first-order valence-corrected chi connectivity index (χ1v) is 13.2. The number of nitrogens with zero attached hydrogens (tertiary/aromatic N) is 4. The number of rotatable bonds is 4. The first-order chi connectivity index (χ1) is 17.3. The van der Waals surface area contributed by atoms with E-state index in [1.807, 2.05) is 44.0 Å². The number of fused-ring (bicyclic) bond motifs is 1. The number of piperidine rings is 1. The van der Waals surface area contributed by atoms with Crippen LogP contribution in [0.1, 0.15) is 61.3 Å². The molecule has 2 aromatic rings. The van der Waals surface area contributed by atoms with Crippen molar-refractivity contribution in [2.75, 3.05) is 45.9 Å². The molecule has 36 heavy (non-hydrogen) atoms. The van der Waals surface area contributed by atoms with Crippen molar-refractivity contribution >= 4 is 12.0 Å². The normalized spacial score (nSPS) is 19.2. The summed E-state index contributed by atoms with van der Waals surface area (Å²) in [6, 6.07) is 10.6. The zero-order valence-corrected chi connectivity index (χ0v) is 21.7. The Morgan fingerprint density at radius 1 is 1.00 bits per heavy atom. The third-order valence-electron chi connectivity index (χ3n) is 7.33. The molecule has 2 fully saturated rings. The lowest BCUT2D eigenvalue weighted by molar-refractivity contribution is 0.0186. The molecule has 0 saturated carbocycles. The second-order valence-electron chi connectivity index (χ2n) is 11.1. The van der Waals surface area contributed by atoms with Crippen molar-refractivity contribution in [2.45, 2.75) is 58.2 Å². The van der Waals surface area contributed by atoms with Crippen LogP contribution in [0.4, 0.5) is 4.79 Å². The predicted molar refractivity (Wildman–Crippen MR) is 137 cm³/mol. The van der Waals surface area contributed by atoms with Gasteiger partial charge >= 0.3 is 6.09 Å². The van der Waals surface area contributed by atoms with Crippen LogP contribution in [-0.2, 0) is 17.7 Å². The minimum absolute atomic E-state index is 0.101. The Bertz CT molecular complexity index is 1090. The quantitative estimate of drug-likeness (QED) is 0.644. The Balaban J connectivity index is 1.14. The van der Waals surface area contributed by atoms with Crippen LogP contribution < -0.4 is 4.74 Å². The molecule has 3 aliphatic rings. The van der Waals surface area contributed by atoms with Crippen LogP contribution in [0.3, 0.4) is 0 Å². The van der Waals surface area contributed by atoms with Gasteiger partial charge in [0.2, 0.25) is 0 Å². The van der Waals surface area contributed by atoms with Crippen LogP contribution in [-0.4, -0.2) is 82.7 Å². The van der Waals surface area contributed by atoms with Gasteiger partial charge in [-0.1, -0.05) is 12.1 Å². The number of piperazine rings is 1. The summed E-state index contributed by atoms with van der Waals surface area (Å²) in [5.41, 5.74) is 2.87. The summed E-state index contributed by atoms with van der Waals surface area (Å²) in [5.74, 6) is 1.12. The van der Waals surface area contributed by atoms with Crippen LogP contribution in [0.5, 0.6) is 5.75 Å². The summed E-state index contributed by atoms with van der Waals surface area (Å²) in [7, 11) is 0. The topological polar surface area (TPSA) is 67.2 Å². The number of carbonyl (C=O) groups is 2. The standard InChI is InChI=1S/C28H38N4O4/c1-28(2,3)36-27(34)31-12-8-23(9-13-31)32-11-4-5-24(32)26(33)30-16-14-29(15-17-30)20-21-6-7-25-22(19-21)10-18-35-25/h4-7,11,19,23H,8-10,12-18,20H2,1-3H3. The van der Waals surface area contributed by atoms with Gasteiger partial charge in [-0.3, -0.25) is 9.69 Å². The van der Waals surface area contributed by atoms with Gasteiger partial charge in [0, 0.05) is 64.5 Å².